The number of carbonyl (C=O) groups excluding carboxylic acids is 1. The zero-order valence-corrected chi connectivity index (χ0v) is 10.4. The minimum absolute atomic E-state index is 0.0819. The lowest BCUT2D eigenvalue weighted by atomic mass is 10.2. The number of ether oxygens (including phenoxy) is 1. The number of nitrogens with zero attached hydrogens (tertiary/aromatic N) is 2. The van der Waals surface area contributed by atoms with Crippen LogP contribution in [0, 0.1) is 34.3 Å². The van der Waals surface area contributed by atoms with E-state index in [4.69, 9.17) is 10.5 Å². The number of allylic oxidation sites excluding steroid dienone is 1. The molecule has 20 heavy (non-hydrogen) atoms. The molecule has 0 atom stereocenters. The Balaban J connectivity index is 3.08. The summed E-state index contributed by atoms with van der Waals surface area (Å²) in [5, 5.41) is 19.2. The molecule has 0 bridgehead atoms. The fraction of sp³-hybridized carbons (Fsp3) is 0.154. The molecule has 0 saturated heterocycles. The van der Waals surface area contributed by atoms with E-state index in [1.807, 2.05) is 0 Å². The van der Waals surface area contributed by atoms with Gasteiger partial charge in [0.05, 0.1) is 12.2 Å². The lowest BCUT2D eigenvalue weighted by molar-refractivity contribution is 0.0525. The van der Waals surface area contributed by atoms with Crippen molar-refractivity contribution < 1.29 is 18.3 Å². The number of esters is 1. The van der Waals surface area contributed by atoms with Gasteiger partial charge >= 0.3 is 5.97 Å². The van der Waals surface area contributed by atoms with Crippen LogP contribution in [0.4, 0.5) is 14.5 Å². The maximum Gasteiger partial charge on any atom is 0.338 e. The highest BCUT2D eigenvalue weighted by molar-refractivity contribution is 5.90. The minimum Gasteiger partial charge on any atom is -0.462 e. The first kappa shape index (κ1) is 15.1. The molecule has 1 N–H and O–H groups in total. The van der Waals surface area contributed by atoms with E-state index < -0.39 is 23.3 Å². The van der Waals surface area contributed by atoms with E-state index in [1.165, 1.54) is 12.1 Å². The van der Waals surface area contributed by atoms with Crippen molar-refractivity contribution in [1.29, 1.82) is 10.5 Å². The molecule has 0 amide bonds. The van der Waals surface area contributed by atoms with Gasteiger partial charge in [-0.2, -0.15) is 10.5 Å². The van der Waals surface area contributed by atoms with Crippen LogP contribution in [-0.2, 0) is 4.74 Å². The first-order chi connectivity index (χ1) is 9.53. The zero-order valence-electron chi connectivity index (χ0n) is 10.4. The van der Waals surface area contributed by atoms with Crippen LogP contribution < -0.4 is 5.32 Å². The number of hydrogen-bond donors (Lipinski definition) is 1. The Labute approximate surface area is 113 Å². The molecule has 0 aliphatic rings. The van der Waals surface area contributed by atoms with Crippen molar-refractivity contribution in [1.82, 2.24) is 0 Å². The summed E-state index contributed by atoms with van der Waals surface area (Å²) in [6.07, 6.45) is 0.867. The van der Waals surface area contributed by atoms with Crippen molar-refractivity contribution >= 4 is 11.7 Å². The number of hydrogen-bond acceptors (Lipinski definition) is 5. The molecule has 1 aromatic rings. The number of nitriles is 2. The average molecular weight is 277 g/mol. The number of rotatable bonds is 4. The third-order valence-corrected chi connectivity index (χ3v) is 2.15. The van der Waals surface area contributed by atoms with E-state index in [9.17, 15) is 13.6 Å². The highest BCUT2D eigenvalue weighted by atomic mass is 19.1. The molecular formula is C13H9F2N3O2. The molecule has 7 heteroatoms. The summed E-state index contributed by atoms with van der Waals surface area (Å²) in [4.78, 5) is 11.3. The molecule has 0 aliphatic carbocycles. The van der Waals surface area contributed by atoms with Gasteiger partial charge < -0.3 is 10.1 Å². The first-order valence-electron chi connectivity index (χ1n) is 5.46. The smallest absolute Gasteiger partial charge is 0.338 e. The van der Waals surface area contributed by atoms with Gasteiger partial charge in [0.2, 0.25) is 0 Å². The third kappa shape index (κ3) is 3.53. The van der Waals surface area contributed by atoms with E-state index in [2.05, 4.69) is 10.1 Å². The third-order valence-electron chi connectivity index (χ3n) is 2.15. The van der Waals surface area contributed by atoms with Crippen molar-refractivity contribution in [3.05, 3.63) is 41.1 Å². The van der Waals surface area contributed by atoms with Crippen molar-refractivity contribution in [3.63, 3.8) is 0 Å². The lowest BCUT2D eigenvalue weighted by Crippen LogP contribution is -2.07. The van der Waals surface area contributed by atoms with E-state index in [0.717, 1.165) is 18.3 Å². The molecule has 0 heterocycles. The molecule has 5 nitrogen and oxygen atoms in total. The summed E-state index contributed by atoms with van der Waals surface area (Å²) in [6.45, 7) is 1.65. The zero-order chi connectivity index (χ0) is 15.1. The van der Waals surface area contributed by atoms with Crippen molar-refractivity contribution in [2.45, 2.75) is 6.92 Å². The quantitative estimate of drug-likeness (QED) is 0.675. The van der Waals surface area contributed by atoms with Crippen LogP contribution in [-0.4, -0.2) is 12.6 Å². The van der Waals surface area contributed by atoms with E-state index in [-0.39, 0.29) is 17.7 Å². The van der Waals surface area contributed by atoms with Crippen molar-refractivity contribution in [3.8, 4) is 12.1 Å². The first-order valence-corrected chi connectivity index (χ1v) is 5.46. The number of nitrogens with one attached hydrogen (secondary N) is 1. The van der Waals surface area contributed by atoms with Crippen molar-refractivity contribution in [2.75, 3.05) is 11.9 Å². The lowest BCUT2D eigenvalue weighted by Gasteiger charge is -2.07. The number of benzene rings is 1. The number of halogens is 2. The Morgan fingerprint density at radius 1 is 1.35 bits per heavy atom. The Bertz CT molecular complexity index is 603. The summed E-state index contributed by atoms with van der Waals surface area (Å²) < 4.78 is 31.9. The Morgan fingerprint density at radius 3 is 2.35 bits per heavy atom. The van der Waals surface area contributed by atoms with Gasteiger partial charge in [0.1, 0.15) is 23.4 Å². The highest BCUT2D eigenvalue weighted by Crippen LogP contribution is 2.21. The molecule has 0 spiro atoms. The normalized spacial score (nSPS) is 9.05. The van der Waals surface area contributed by atoms with Gasteiger partial charge in [-0.25, -0.2) is 13.6 Å². The summed E-state index contributed by atoms with van der Waals surface area (Å²) in [7, 11) is 0. The second-order valence-corrected chi connectivity index (χ2v) is 3.46. The van der Waals surface area contributed by atoms with E-state index >= 15 is 0 Å². The van der Waals surface area contributed by atoms with Gasteiger partial charge in [-0.1, -0.05) is 0 Å². The van der Waals surface area contributed by atoms with Gasteiger partial charge in [-0.15, -0.1) is 0 Å². The predicted octanol–water partition coefficient (Wildman–Crippen LogP) is 2.48. The number of anilines is 1. The topological polar surface area (TPSA) is 85.9 Å². The van der Waals surface area contributed by atoms with Gasteiger partial charge in [0.15, 0.2) is 11.6 Å². The molecule has 1 aromatic carbocycles. The Morgan fingerprint density at radius 2 is 1.90 bits per heavy atom. The largest absolute Gasteiger partial charge is 0.462 e. The molecule has 0 radical (unpaired) electrons. The molecule has 0 fully saturated rings. The molecule has 0 saturated carbocycles. The Kier molecular flexibility index (Phi) is 5.19. The predicted molar refractivity (Wildman–Crippen MR) is 65.2 cm³/mol. The van der Waals surface area contributed by atoms with Crippen LogP contribution in [0.25, 0.3) is 0 Å². The molecule has 102 valence electrons. The summed E-state index contributed by atoms with van der Waals surface area (Å²) in [5.41, 5.74) is -1.18. The summed E-state index contributed by atoms with van der Waals surface area (Å²) in [5.74, 6) is -2.93. The monoisotopic (exact) mass is 277 g/mol. The van der Waals surface area contributed by atoms with Gasteiger partial charge in [-0.05, 0) is 19.1 Å². The molecule has 0 aromatic heterocycles. The molecule has 1 rings (SSSR count). The average Bonchev–Trinajstić information content (AvgIpc) is 2.42. The Hall–Kier alpha value is -2.93. The van der Waals surface area contributed by atoms with Gasteiger partial charge in [0, 0.05) is 6.20 Å². The SMILES string of the molecule is CCOC(=O)c1cc(F)c(NC=C(C#N)C#N)c(F)c1. The summed E-state index contributed by atoms with van der Waals surface area (Å²) in [6, 6.07) is 4.65. The van der Waals surface area contributed by atoms with Crippen LogP contribution >= 0.6 is 0 Å². The maximum atomic E-state index is 13.7. The molecular weight excluding hydrogens is 268 g/mol. The van der Waals surface area contributed by atoms with Crippen LogP contribution in [0.2, 0.25) is 0 Å². The van der Waals surface area contributed by atoms with Crippen LogP contribution in [0.5, 0.6) is 0 Å². The van der Waals surface area contributed by atoms with Crippen LogP contribution in [0.3, 0.4) is 0 Å². The second-order valence-electron chi connectivity index (χ2n) is 3.46. The van der Waals surface area contributed by atoms with Gasteiger partial charge in [0.25, 0.3) is 0 Å². The number of carbonyl (C=O) groups is 1. The summed E-state index contributed by atoms with van der Waals surface area (Å²) >= 11 is 0. The maximum absolute atomic E-state index is 13.7. The van der Waals surface area contributed by atoms with Gasteiger partial charge in [-0.3, -0.25) is 0 Å². The standard InChI is InChI=1S/C13H9F2N3O2/c1-2-20-13(19)9-3-10(14)12(11(15)4-9)18-7-8(5-16)6-17/h3-4,7,18H,2H2,1H3. The molecule has 0 unspecified atom stereocenters. The minimum atomic E-state index is -1.04. The van der Waals surface area contributed by atoms with E-state index in [0.29, 0.717) is 0 Å². The second kappa shape index (κ2) is 6.86. The highest BCUT2D eigenvalue weighted by Gasteiger charge is 2.15. The molecule has 0 aliphatic heterocycles. The fourth-order valence-corrected chi connectivity index (χ4v) is 1.28. The van der Waals surface area contributed by atoms with E-state index in [1.54, 1.807) is 6.92 Å². The van der Waals surface area contributed by atoms with Crippen LogP contribution in [0.15, 0.2) is 23.9 Å². The van der Waals surface area contributed by atoms with Crippen LogP contribution in [0.1, 0.15) is 17.3 Å². The van der Waals surface area contributed by atoms with Crippen molar-refractivity contribution in [2.24, 2.45) is 0 Å². The fourth-order valence-electron chi connectivity index (χ4n) is 1.28.